The normalized spacial score (nSPS) is 16.1. The number of amides is 2. The first-order valence-electron chi connectivity index (χ1n) is 7.14. The third-order valence-corrected chi connectivity index (χ3v) is 4.08. The fraction of sp³-hybridized carbons (Fsp3) is 0.375. The highest BCUT2D eigenvalue weighted by Gasteiger charge is 2.34. The number of hydrogen-bond donors (Lipinski definition) is 0. The Balaban J connectivity index is 1.54. The van der Waals surface area contributed by atoms with E-state index in [1.807, 2.05) is 18.2 Å². The van der Waals surface area contributed by atoms with Crippen molar-refractivity contribution < 1.29 is 19.1 Å². The topological polar surface area (TPSA) is 59.1 Å². The molecule has 2 aliphatic rings. The van der Waals surface area contributed by atoms with Gasteiger partial charge in [0.15, 0.2) is 11.5 Å². The molecular weight excluding hydrogens is 284 g/mol. The molecular formula is C16H18N2O4. The van der Waals surface area contributed by atoms with Crippen molar-refractivity contribution in [2.75, 3.05) is 26.9 Å². The molecule has 0 aromatic heterocycles. The molecule has 2 heterocycles. The molecule has 0 N–H and O–H groups in total. The van der Waals surface area contributed by atoms with Crippen LogP contribution in [0.1, 0.15) is 5.56 Å². The van der Waals surface area contributed by atoms with Crippen LogP contribution in [0.3, 0.4) is 0 Å². The lowest BCUT2D eigenvalue weighted by molar-refractivity contribution is -0.142. The smallest absolute Gasteiger partial charge is 0.246 e. The van der Waals surface area contributed by atoms with E-state index in [4.69, 9.17) is 9.47 Å². The predicted molar refractivity (Wildman–Crippen MR) is 79.6 cm³/mol. The molecule has 2 aliphatic heterocycles. The highest BCUT2D eigenvalue weighted by Crippen LogP contribution is 2.32. The van der Waals surface area contributed by atoms with Gasteiger partial charge in [0.05, 0.1) is 12.5 Å². The van der Waals surface area contributed by atoms with Crippen molar-refractivity contribution in [2.24, 2.45) is 0 Å². The summed E-state index contributed by atoms with van der Waals surface area (Å²) in [5, 5.41) is 0. The summed E-state index contributed by atoms with van der Waals surface area (Å²) >= 11 is 0. The van der Waals surface area contributed by atoms with Crippen molar-refractivity contribution in [1.29, 1.82) is 0 Å². The molecule has 0 unspecified atom stereocenters. The summed E-state index contributed by atoms with van der Waals surface area (Å²) in [4.78, 5) is 27.1. The Kier molecular flexibility index (Phi) is 3.75. The minimum atomic E-state index is -0.118. The van der Waals surface area contributed by atoms with Crippen LogP contribution in [0.15, 0.2) is 30.9 Å². The number of rotatable bonds is 4. The number of nitrogens with zero attached hydrogens (tertiary/aromatic N) is 2. The van der Waals surface area contributed by atoms with Gasteiger partial charge >= 0.3 is 0 Å². The van der Waals surface area contributed by atoms with Crippen molar-refractivity contribution in [3.05, 3.63) is 36.4 Å². The van der Waals surface area contributed by atoms with Crippen LogP contribution in [0.4, 0.5) is 0 Å². The van der Waals surface area contributed by atoms with E-state index in [0.717, 1.165) is 5.56 Å². The van der Waals surface area contributed by atoms with E-state index in [1.54, 1.807) is 16.8 Å². The molecule has 1 fully saturated rings. The highest BCUT2D eigenvalue weighted by atomic mass is 16.7. The van der Waals surface area contributed by atoms with Gasteiger partial charge in [-0.3, -0.25) is 9.59 Å². The summed E-state index contributed by atoms with van der Waals surface area (Å²) in [6.45, 7) is 4.83. The standard InChI is InChI=1S/C16H18N2O4/c1-3-15(19)17(2)12-8-18(9-12)16(20)7-11-4-5-13-14(6-11)22-10-21-13/h3-6,12H,1,7-10H2,2H3. The van der Waals surface area contributed by atoms with E-state index in [-0.39, 0.29) is 24.6 Å². The first kappa shape index (κ1) is 14.4. The largest absolute Gasteiger partial charge is 0.454 e. The number of likely N-dealkylation sites (N-methyl/N-ethyl adjacent to an activating group) is 1. The number of likely N-dealkylation sites (tertiary alicyclic amines) is 1. The molecule has 6 heteroatoms. The van der Waals surface area contributed by atoms with Crippen LogP contribution in [0.5, 0.6) is 11.5 Å². The molecule has 0 spiro atoms. The van der Waals surface area contributed by atoms with E-state index < -0.39 is 0 Å². The van der Waals surface area contributed by atoms with Gasteiger partial charge in [0.2, 0.25) is 18.6 Å². The molecule has 1 aromatic carbocycles. The van der Waals surface area contributed by atoms with Crippen molar-refractivity contribution >= 4 is 11.8 Å². The molecule has 0 aliphatic carbocycles. The van der Waals surface area contributed by atoms with Crippen molar-refractivity contribution in [2.45, 2.75) is 12.5 Å². The van der Waals surface area contributed by atoms with Crippen LogP contribution in [-0.4, -0.2) is 54.6 Å². The van der Waals surface area contributed by atoms with Crippen LogP contribution in [0.25, 0.3) is 0 Å². The van der Waals surface area contributed by atoms with Crippen LogP contribution < -0.4 is 9.47 Å². The van der Waals surface area contributed by atoms with Gasteiger partial charge in [0.1, 0.15) is 0 Å². The van der Waals surface area contributed by atoms with Crippen LogP contribution >= 0.6 is 0 Å². The van der Waals surface area contributed by atoms with Gasteiger partial charge in [-0.1, -0.05) is 12.6 Å². The van der Waals surface area contributed by atoms with Gasteiger partial charge in [-0.25, -0.2) is 0 Å². The maximum atomic E-state index is 12.2. The van der Waals surface area contributed by atoms with E-state index in [1.165, 1.54) is 6.08 Å². The molecule has 1 saturated heterocycles. The average molecular weight is 302 g/mol. The van der Waals surface area contributed by atoms with Crippen molar-refractivity contribution in [1.82, 2.24) is 9.80 Å². The Bertz CT molecular complexity index is 623. The molecule has 116 valence electrons. The van der Waals surface area contributed by atoms with Gasteiger partial charge in [0, 0.05) is 20.1 Å². The predicted octanol–water partition coefficient (Wildman–Crippen LogP) is 0.813. The third-order valence-electron chi connectivity index (χ3n) is 4.08. The third kappa shape index (κ3) is 2.64. The first-order chi connectivity index (χ1) is 10.6. The highest BCUT2D eigenvalue weighted by molar-refractivity contribution is 5.87. The molecule has 0 saturated carbocycles. The zero-order valence-corrected chi connectivity index (χ0v) is 12.4. The van der Waals surface area contributed by atoms with E-state index in [9.17, 15) is 9.59 Å². The van der Waals surface area contributed by atoms with E-state index in [0.29, 0.717) is 31.0 Å². The van der Waals surface area contributed by atoms with Gasteiger partial charge in [-0.2, -0.15) is 0 Å². The number of ether oxygens (including phenoxy) is 2. The fourth-order valence-corrected chi connectivity index (χ4v) is 2.57. The van der Waals surface area contributed by atoms with E-state index in [2.05, 4.69) is 6.58 Å². The zero-order valence-electron chi connectivity index (χ0n) is 12.4. The molecule has 3 rings (SSSR count). The second kappa shape index (κ2) is 5.71. The molecule has 22 heavy (non-hydrogen) atoms. The Labute approximate surface area is 128 Å². The Morgan fingerprint density at radius 1 is 1.36 bits per heavy atom. The molecule has 1 aromatic rings. The minimum absolute atomic E-state index is 0.0505. The maximum Gasteiger partial charge on any atom is 0.246 e. The fourth-order valence-electron chi connectivity index (χ4n) is 2.57. The molecule has 2 amide bonds. The zero-order chi connectivity index (χ0) is 15.7. The lowest BCUT2D eigenvalue weighted by Gasteiger charge is -2.43. The molecule has 0 radical (unpaired) electrons. The Hall–Kier alpha value is -2.50. The summed E-state index contributed by atoms with van der Waals surface area (Å²) in [6.07, 6.45) is 1.61. The second-order valence-corrected chi connectivity index (χ2v) is 5.47. The number of benzene rings is 1. The summed E-state index contributed by atoms with van der Waals surface area (Å²) in [5.74, 6) is 1.33. The van der Waals surface area contributed by atoms with Crippen LogP contribution in [-0.2, 0) is 16.0 Å². The van der Waals surface area contributed by atoms with Gasteiger partial charge < -0.3 is 19.3 Å². The SMILES string of the molecule is C=CC(=O)N(C)C1CN(C(=O)Cc2ccc3c(c2)OCO3)C1. The van der Waals surface area contributed by atoms with Gasteiger partial charge in [-0.05, 0) is 23.8 Å². The van der Waals surface area contributed by atoms with E-state index >= 15 is 0 Å². The number of carbonyl (C=O) groups excluding carboxylic acids is 2. The lowest BCUT2D eigenvalue weighted by atomic mass is 10.0. The first-order valence-corrected chi connectivity index (χ1v) is 7.14. The molecule has 0 bridgehead atoms. The Morgan fingerprint density at radius 2 is 2.09 bits per heavy atom. The maximum absolute atomic E-state index is 12.2. The monoisotopic (exact) mass is 302 g/mol. The van der Waals surface area contributed by atoms with Crippen molar-refractivity contribution in [3.8, 4) is 11.5 Å². The van der Waals surface area contributed by atoms with Crippen LogP contribution in [0, 0.1) is 0 Å². The summed E-state index contributed by atoms with van der Waals surface area (Å²) < 4.78 is 10.6. The summed E-state index contributed by atoms with van der Waals surface area (Å²) in [5.41, 5.74) is 0.897. The molecule has 0 atom stereocenters. The molecule has 6 nitrogen and oxygen atoms in total. The quantitative estimate of drug-likeness (QED) is 0.773. The van der Waals surface area contributed by atoms with Gasteiger partial charge in [-0.15, -0.1) is 0 Å². The minimum Gasteiger partial charge on any atom is -0.454 e. The summed E-state index contributed by atoms with van der Waals surface area (Å²) in [7, 11) is 1.73. The number of fused-ring (bicyclic) bond motifs is 1. The average Bonchev–Trinajstić information content (AvgIpc) is 2.92. The lowest BCUT2D eigenvalue weighted by Crippen LogP contribution is -2.61. The van der Waals surface area contributed by atoms with Crippen LogP contribution in [0.2, 0.25) is 0 Å². The Morgan fingerprint density at radius 3 is 2.82 bits per heavy atom. The second-order valence-electron chi connectivity index (χ2n) is 5.47. The van der Waals surface area contributed by atoms with Gasteiger partial charge in [0.25, 0.3) is 0 Å². The number of carbonyl (C=O) groups is 2. The number of hydrogen-bond acceptors (Lipinski definition) is 4. The van der Waals surface area contributed by atoms with Crippen molar-refractivity contribution in [3.63, 3.8) is 0 Å². The summed E-state index contributed by atoms with van der Waals surface area (Å²) in [6, 6.07) is 5.60.